The third-order valence-electron chi connectivity index (χ3n) is 5.51. The van der Waals surface area contributed by atoms with Crippen molar-refractivity contribution in [3.05, 3.63) is 83.0 Å². The quantitative estimate of drug-likeness (QED) is 0.545. The van der Waals surface area contributed by atoms with Gasteiger partial charge >= 0.3 is 0 Å². The number of piperazine rings is 1. The molecule has 0 unspecified atom stereocenters. The monoisotopic (exact) mass is 450 g/mol. The lowest BCUT2D eigenvalue weighted by molar-refractivity contribution is 0.0954. The Labute approximate surface area is 193 Å². The summed E-state index contributed by atoms with van der Waals surface area (Å²) in [6, 6.07) is 21.2. The molecule has 1 aliphatic heterocycles. The molecule has 0 saturated carbocycles. The summed E-state index contributed by atoms with van der Waals surface area (Å²) in [7, 11) is 2.11. The minimum Gasteiger partial charge on any atom is -0.457 e. The fourth-order valence-electron chi connectivity index (χ4n) is 3.57. The Balaban J connectivity index is 1.27. The van der Waals surface area contributed by atoms with E-state index in [-0.39, 0.29) is 11.1 Å². The van der Waals surface area contributed by atoms with E-state index in [1.54, 1.807) is 6.07 Å². The van der Waals surface area contributed by atoms with E-state index < -0.39 is 0 Å². The molecule has 1 aromatic heterocycles. The van der Waals surface area contributed by atoms with E-state index >= 15 is 0 Å². The second kappa shape index (κ2) is 10.5. The Bertz CT molecular complexity index is 1040. The van der Waals surface area contributed by atoms with Crippen molar-refractivity contribution in [3.8, 4) is 11.5 Å². The summed E-state index contributed by atoms with van der Waals surface area (Å²) in [5, 5.41) is 3.17. The third kappa shape index (κ3) is 5.78. The lowest BCUT2D eigenvalue weighted by Crippen LogP contribution is -2.44. The number of pyridine rings is 1. The van der Waals surface area contributed by atoms with Crippen LogP contribution in [0.1, 0.15) is 15.9 Å². The van der Waals surface area contributed by atoms with Crippen LogP contribution in [0.4, 0.5) is 5.82 Å². The van der Waals surface area contributed by atoms with E-state index in [2.05, 4.69) is 27.1 Å². The number of ether oxygens (including phenoxy) is 1. The van der Waals surface area contributed by atoms with Crippen molar-refractivity contribution in [1.29, 1.82) is 0 Å². The molecule has 1 fully saturated rings. The van der Waals surface area contributed by atoms with Crippen LogP contribution in [0.15, 0.2) is 66.7 Å². The average molecular weight is 451 g/mol. The molecule has 0 radical (unpaired) electrons. The molecule has 0 spiro atoms. The van der Waals surface area contributed by atoms with Crippen LogP contribution in [0.5, 0.6) is 11.5 Å². The van der Waals surface area contributed by atoms with Gasteiger partial charge in [-0.2, -0.15) is 0 Å². The average Bonchev–Trinajstić information content (AvgIpc) is 2.81. The highest BCUT2D eigenvalue weighted by molar-refractivity contribution is 6.32. The summed E-state index contributed by atoms with van der Waals surface area (Å²) in [5.41, 5.74) is 1.51. The second-order valence-corrected chi connectivity index (χ2v) is 8.22. The normalized spacial score (nSPS) is 14.2. The maximum atomic E-state index is 12.6. The van der Waals surface area contributed by atoms with Crippen LogP contribution in [0.3, 0.4) is 0 Å². The molecular weight excluding hydrogens is 424 g/mol. The maximum absolute atomic E-state index is 12.6. The van der Waals surface area contributed by atoms with Crippen LogP contribution in [0, 0.1) is 0 Å². The van der Waals surface area contributed by atoms with E-state index in [0.717, 1.165) is 49.1 Å². The van der Waals surface area contributed by atoms with Gasteiger partial charge in [0, 0.05) is 32.7 Å². The van der Waals surface area contributed by atoms with Gasteiger partial charge in [-0.15, -0.1) is 0 Å². The number of para-hydroxylation sites is 1. The number of carbonyl (C=O) groups excluding carboxylic acids is 1. The number of likely N-dealkylation sites (N-methyl/N-ethyl adjacent to an activating group) is 1. The van der Waals surface area contributed by atoms with Crippen LogP contribution < -0.4 is 15.0 Å². The molecular formula is C25H27ClN4O2. The van der Waals surface area contributed by atoms with Crippen LogP contribution in [-0.4, -0.2) is 55.6 Å². The number of benzene rings is 2. The largest absolute Gasteiger partial charge is 0.457 e. The molecule has 7 heteroatoms. The standard InChI is InChI=1S/C25H27ClN4O2/c1-29-15-17-30(18-16-29)23-12-11-22(24(26)28-23)25(31)27-14-13-19-7-9-21(10-8-19)32-20-5-3-2-4-6-20/h2-12H,13-18H2,1H3,(H,27,31). The first-order chi connectivity index (χ1) is 15.6. The predicted molar refractivity (Wildman–Crippen MR) is 128 cm³/mol. The molecule has 1 saturated heterocycles. The Kier molecular flexibility index (Phi) is 7.24. The molecule has 166 valence electrons. The number of carbonyl (C=O) groups is 1. The topological polar surface area (TPSA) is 57.7 Å². The van der Waals surface area contributed by atoms with Crippen LogP contribution >= 0.6 is 11.6 Å². The molecule has 0 atom stereocenters. The van der Waals surface area contributed by atoms with Gasteiger partial charge in [-0.3, -0.25) is 4.79 Å². The van der Waals surface area contributed by atoms with E-state index in [1.807, 2.05) is 60.7 Å². The van der Waals surface area contributed by atoms with Gasteiger partial charge in [-0.05, 0) is 55.4 Å². The second-order valence-electron chi connectivity index (χ2n) is 7.86. The van der Waals surface area contributed by atoms with Gasteiger partial charge in [-0.25, -0.2) is 4.98 Å². The highest BCUT2D eigenvalue weighted by Crippen LogP contribution is 2.22. The number of nitrogens with one attached hydrogen (secondary N) is 1. The zero-order valence-corrected chi connectivity index (χ0v) is 18.9. The number of rotatable bonds is 7. The third-order valence-corrected chi connectivity index (χ3v) is 5.80. The first-order valence-corrected chi connectivity index (χ1v) is 11.2. The number of nitrogens with zero attached hydrogens (tertiary/aromatic N) is 3. The van der Waals surface area contributed by atoms with Crippen LogP contribution in [0.2, 0.25) is 5.15 Å². The number of hydrogen-bond acceptors (Lipinski definition) is 5. The Morgan fingerprint density at radius 1 is 0.969 bits per heavy atom. The van der Waals surface area contributed by atoms with Gasteiger partial charge in [-0.1, -0.05) is 41.9 Å². The lowest BCUT2D eigenvalue weighted by Gasteiger charge is -2.33. The van der Waals surface area contributed by atoms with Gasteiger partial charge in [0.05, 0.1) is 5.56 Å². The number of amides is 1. The van der Waals surface area contributed by atoms with E-state index in [0.29, 0.717) is 18.5 Å². The highest BCUT2D eigenvalue weighted by Gasteiger charge is 2.18. The minimum absolute atomic E-state index is 0.212. The first kappa shape index (κ1) is 22.1. The van der Waals surface area contributed by atoms with Crippen molar-refractivity contribution in [2.45, 2.75) is 6.42 Å². The molecule has 4 rings (SSSR count). The van der Waals surface area contributed by atoms with Crippen molar-refractivity contribution in [2.24, 2.45) is 0 Å². The smallest absolute Gasteiger partial charge is 0.254 e. The van der Waals surface area contributed by atoms with Gasteiger partial charge in [0.1, 0.15) is 22.5 Å². The Hall–Kier alpha value is -3.09. The van der Waals surface area contributed by atoms with E-state index in [9.17, 15) is 4.79 Å². The van der Waals surface area contributed by atoms with Gasteiger partial charge in [0.25, 0.3) is 5.91 Å². The molecule has 0 bridgehead atoms. The van der Waals surface area contributed by atoms with Gasteiger partial charge < -0.3 is 19.9 Å². The van der Waals surface area contributed by atoms with Gasteiger partial charge in [0.15, 0.2) is 0 Å². The Morgan fingerprint density at radius 2 is 1.66 bits per heavy atom. The summed E-state index contributed by atoms with van der Waals surface area (Å²) in [5.74, 6) is 2.19. The number of hydrogen-bond donors (Lipinski definition) is 1. The molecule has 6 nitrogen and oxygen atoms in total. The van der Waals surface area contributed by atoms with Gasteiger partial charge in [0.2, 0.25) is 0 Å². The fourth-order valence-corrected chi connectivity index (χ4v) is 3.81. The summed E-state index contributed by atoms with van der Waals surface area (Å²) in [6.07, 6.45) is 0.710. The molecule has 1 N–H and O–H groups in total. The zero-order chi connectivity index (χ0) is 22.3. The maximum Gasteiger partial charge on any atom is 0.254 e. The van der Waals surface area contributed by atoms with E-state index in [4.69, 9.17) is 16.3 Å². The summed E-state index contributed by atoms with van der Waals surface area (Å²) >= 11 is 6.33. The predicted octanol–water partition coefficient (Wildman–Crippen LogP) is 4.25. The molecule has 32 heavy (non-hydrogen) atoms. The number of aromatic nitrogens is 1. The molecule has 2 heterocycles. The van der Waals surface area contributed by atoms with Crippen molar-refractivity contribution in [3.63, 3.8) is 0 Å². The van der Waals surface area contributed by atoms with Crippen molar-refractivity contribution in [2.75, 3.05) is 44.7 Å². The van der Waals surface area contributed by atoms with Crippen molar-refractivity contribution < 1.29 is 9.53 Å². The van der Waals surface area contributed by atoms with Crippen LogP contribution in [0.25, 0.3) is 0 Å². The number of anilines is 1. The lowest BCUT2D eigenvalue weighted by atomic mass is 10.1. The molecule has 0 aliphatic carbocycles. The summed E-state index contributed by atoms with van der Waals surface area (Å²) < 4.78 is 5.81. The molecule has 1 amide bonds. The van der Waals surface area contributed by atoms with E-state index in [1.165, 1.54) is 0 Å². The summed E-state index contributed by atoms with van der Waals surface area (Å²) in [4.78, 5) is 21.5. The van der Waals surface area contributed by atoms with Crippen molar-refractivity contribution in [1.82, 2.24) is 15.2 Å². The fraction of sp³-hybridized carbons (Fsp3) is 0.280. The van der Waals surface area contributed by atoms with Crippen molar-refractivity contribution >= 4 is 23.3 Å². The van der Waals surface area contributed by atoms with Crippen LogP contribution in [-0.2, 0) is 6.42 Å². The molecule has 3 aromatic rings. The zero-order valence-electron chi connectivity index (χ0n) is 18.1. The number of halogens is 1. The highest BCUT2D eigenvalue weighted by atomic mass is 35.5. The molecule has 1 aliphatic rings. The Morgan fingerprint density at radius 3 is 2.34 bits per heavy atom. The molecule has 2 aromatic carbocycles. The minimum atomic E-state index is -0.212. The SMILES string of the molecule is CN1CCN(c2ccc(C(=O)NCCc3ccc(Oc4ccccc4)cc3)c(Cl)n2)CC1. The first-order valence-electron chi connectivity index (χ1n) is 10.8. The summed E-state index contributed by atoms with van der Waals surface area (Å²) in [6.45, 7) is 4.29.